The summed E-state index contributed by atoms with van der Waals surface area (Å²) in [6.45, 7) is 0.735. The van der Waals surface area contributed by atoms with Crippen molar-refractivity contribution in [2.75, 3.05) is 0 Å². The average molecular weight is 208 g/mol. The number of carboxylic acids is 1. The van der Waals surface area contributed by atoms with Gasteiger partial charge in [-0.3, -0.25) is 4.79 Å². The molecule has 0 aliphatic heterocycles. The van der Waals surface area contributed by atoms with Gasteiger partial charge in [-0.1, -0.05) is 6.92 Å². The van der Waals surface area contributed by atoms with Crippen LogP contribution in [0.3, 0.4) is 0 Å². The summed E-state index contributed by atoms with van der Waals surface area (Å²) in [6, 6.07) is -1.88. The minimum Gasteiger partial charge on any atom is -0.480 e. The smallest absolute Gasteiger partial charge is 0.393 e. The maximum Gasteiger partial charge on any atom is 0.393 e. The Balaban J connectivity index is 0. The van der Waals surface area contributed by atoms with E-state index in [-0.39, 0.29) is 12.4 Å². The Labute approximate surface area is 73.1 Å². The van der Waals surface area contributed by atoms with Gasteiger partial charge in [-0.15, -0.1) is 12.4 Å². The molecule has 1 unspecified atom stereocenters. The van der Waals surface area contributed by atoms with E-state index in [1.165, 1.54) is 0 Å². The lowest BCUT2D eigenvalue weighted by atomic mass is 10.0. The first-order valence-electron chi connectivity index (χ1n) is 2.82. The quantitative estimate of drug-likeness (QED) is 0.711. The fraction of sp³-hybridized carbons (Fsp3) is 0.800. The predicted octanol–water partition coefficient (Wildman–Crippen LogP) is 1.02. The van der Waals surface area contributed by atoms with Crippen LogP contribution in [-0.2, 0) is 4.79 Å². The van der Waals surface area contributed by atoms with E-state index in [0.717, 1.165) is 6.92 Å². The molecule has 0 saturated carbocycles. The maximum absolute atomic E-state index is 11.7. The minimum absolute atomic E-state index is 0. The van der Waals surface area contributed by atoms with Crippen LogP contribution in [0.1, 0.15) is 6.92 Å². The Morgan fingerprint density at radius 1 is 1.50 bits per heavy atom. The van der Waals surface area contributed by atoms with Gasteiger partial charge in [0.2, 0.25) is 0 Å². The number of rotatable bonds is 2. The molecule has 3 N–H and O–H groups in total. The minimum atomic E-state index is -4.54. The first kappa shape index (κ1) is 14.1. The Morgan fingerprint density at radius 3 is 1.92 bits per heavy atom. The summed E-state index contributed by atoms with van der Waals surface area (Å²) in [5.74, 6) is -3.66. The highest BCUT2D eigenvalue weighted by atomic mass is 35.5. The molecule has 0 aromatic heterocycles. The van der Waals surface area contributed by atoms with Crippen molar-refractivity contribution in [1.82, 2.24) is 0 Å². The van der Waals surface area contributed by atoms with Crippen LogP contribution in [0.4, 0.5) is 13.2 Å². The molecule has 0 rings (SSSR count). The number of hydrogen-bond donors (Lipinski definition) is 2. The molecule has 12 heavy (non-hydrogen) atoms. The van der Waals surface area contributed by atoms with Crippen molar-refractivity contribution in [2.24, 2.45) is 11.7 Å². The molecule has 0 aliphatic carbocycles. The molecular weight excluding hydrogens is 199 g/mol. The summed E-state index contributed by atoms with van der Waals surface area (Å²) in [6.07, 6.45) is -4.54. The van der Waals surface area contributed by atoms with Crippen molar-refractivity contribution in [2.45, 2.75) is 19.1 Å². The lowest BCUT2D eigenvalue weighted by molar-refractivity contribution is -0.182. The zero-order valence-corrected chi connectivity index (χ0v) is 6.95. The van der Waals surface area contributed by atoms with Crippen LogP contribution >= 0.6 is 12.4 Å². The van der Waals surface area contributed by atoms with Crippen LogP contribution in [0.25, 0.3) is 0 Å². The molecule has 0 amide bonds. The van der Waals surface area contributed by atoms with Crippen LogP contribution in [0, 0.1) is 5.92 Å². The molecule has 0 radical (unpaired) electrons. The lowest BCUT2D eigenvalue weighted by Gasteiger charge is -2.18. The fourth-order valence-corrected chi connectivity index (χ4v) is 0.417. The Kier molecular flexibility index (Phi) is 5.29. The van der Waals surface area contributed by atoms with Gasteiger partial charge in [-0.2, -0.15) is 13.2 Å². The standard InChI is InChI=1S/C5H8F3NO2.ClH/c1-2(5(6,7)8)3(9)4(10)11;/h2-3H,9H2,1H3,(H,10,11);1H/t2-,3?;/m1./s1. The molecular formula is C5H9ClF3NO2. The van der Waals surface area contributed by atoms with Gasteiger partial charge in [-0.05, 0) is 0 Å². The SMILES string of the molecule is C[C@H](C(N)C(=O)O)C(F)(F)F.Cl. The molecule has 0 heterocycles. The van der Waals surface area contributed by atoms with Crippen LogP contribution in [0.5, 0.6) is 0 Å². The number of alkyl halides is 3. The molecule has 0 aromatic rings. The second kappa shape index (κ2) is 4.51. The first-order chi connectivity index (χ1) is 4.76. The van der Waals surface area contributed by atoms with Gasteiger partial charge < -0.3 is 10.8 Å². The van der Waals surface area contributed by atoms with Gasteiger partial charge in [-0.25, -0.2) is 0 Å². The highest BCUT2D eigenvalue weighted by molar-refractivity contribution is 5.85. The molecule has 0 aliphatic rings. The molecule has 0 spiro atoms. The summed E-state index contributed by atoms with van der Waals surface area (Å²) in [5, 5.41) is 8.09. The van der Waals surface area contributed by atoms with E-state index in [0.29, 0.717) is 0 Å². The van der Waals surface area contributed by atoms with Gasteiger partial charge in [0, 0.05) is 0 Å². The normalized spacial score (nSPS) is 16.1. The van der Waals surface area contributed by atoms with Gasteiger partial charge in [0.05, 0.1) is 5.92 Å². The zero-order valence-electron chi connectivity index (χ0n) is 6.13. The van der Waals surface area contributed by atoms with E-state index < -0.39 is 24.1 Å². The third-order valence-corrected chi connectivity index (χ3v) is 1.34. The van der Waals surface area contributed by atoms with Crippen LogP contribution in [0.2, 0.25) is 0 Å². The second-order valence-corrected chi connectivity index (χ2v) is 2.19. The Bertz CT molecular complexity index is 161. The molecule has 7 heteroatoms. The van der Waals surface area contributed by atoms with Crippen molar-refractivity contribution in [3.63, 3.8) is 0 Å². The number of carboxylic acid groups (broad SMARTS) is 1. The van der Waals surface area contributed by atoms with Gasteiger partial charge in [0.1, 0.15) is 6.04 Å². The second-order valence-electron chi connectivity index (χ2n) is 2.19. The highest BCUT2D eigenvalue weighted by Crippen LogP contribution is 2.27. The van der Waals surface area contributed by atoms with E-state index in [9.17, 15) is 18.0 Å². The van der Waals surface area contributed by atoms with Crippen molar-refractivity contribution in [1.29, 1.82) is 0 Å². The number of carbonyl (C=O) groups is 1. The van der Waals surface area contributed by atoms with Crippen molar-refractivity contribution >= 4 is 18.4 Å². The van der Waals surface area contributed by atoms with Crippen molar-refractivity contribution < 1.29 is 23.1 Å². The first-order valence-corrected chi connectivity index (χ1v) is 2.82. The number of aliphatic carboxylic acids is 1. The summed E-state index contributed by atoms with van der Waals surface area (Å²) in [7, 11) is 0. The van der Waals surface area contributed by atoms with Crippen molar-refractivity contribution in [3.05, 3.63) is 0 Å². The van der Waals surface area contributed by atoms with Crippen LogP contribution in [-0.4, -0.2) is 23.3 Å². The summed E-state index contributed by atoms with van der Waals surface area (Å²) in [5.41, 5.74) is 4.73. The predicted molar refractivity (Wildman–Crippen MR) is 38.1 cm³/mol. The molecule has 74 valence electrons. The van der Waals surface area contributed by atoms with E-state index in [1.807, 2.05) is 0 Å². The van der Waals surface area contributed by atoms with Gasteiger partial charge >= 0.3 is 12.1 Å². The van der Waals surface area contributed by atoms with Gasteiger partial charge in [0.15, 0.2) is 0 Å². The number of hydrogen-bond acceptors (Lipinski definition) is 2. The van der Waals surface area contributed by atoms with E-state index in [4.69, 9.17) is 10.8 Å². The summed E-state index contributed by atoms with van der Waals surface area (Å²) < 4.78 is 35.1. The topological polar surface area (TPSA) is 63.3 Å². The number of nitrogens with two attached hydrogens (primary N) is 1. The largest absolute Gasteiger partial charge is 0.480 e. The number of halogens is 4. The maximum atomic E-state index is 11.7. The van der Waals surface area contributed by atoms with E-state index in [1.54, 1.807) is 0 Å². The fourth-order valence-electron chi connectivity index (χ4n) is 0.417. The van der Waals surface area contributed by atoms with Crippen LogP contribution < -0.4 is 5.73 Å². The molecule has 0 fully saturated rings. The monoisotopic (exact) mass is 207 g/mol. The van der Waals surface area contributed by atoms with Crippen LogP contribution in [0.15, 0.2) is 0 Å². The van der Waals surface area contributed by atoms with Gasteiger partial charge in [0.25, 0.3) is 0 Å². The highest BCUT2D eigenvalue weighted by Gasteiger charge is 2.42. The summed E-state index contributed by atoms with van der Waals surface area (Å²) >= 11 is 0. The molecule has 0 bridgehead atoms. The van der Waals surface area contributed by atoms with E-state index >= 15 is 0 Å². The molecule has 3 nitrogen and oxygen atoms in total. The Morgan fingerprint density at radius 2 is 1.83 bits per heavy atom. The third-order valence-electron chi connectivity index (χ3n) is 1.34. The molecule has 2 atom stereocenters. The van der Waals surface area contributed by atoms with E-state index in [2.05, 4.69) is 0 Å². The molecule has 0 saturated heterocycles. The average Bonchev–Trinajstić information content (AvgIpc) is 1.82. The Hall–Kier alpha value is -0.490. The summed E-state index contributed by atoms with van der Waals surface area (Å²) in [4.78, 5) is 9.96. The third kappa shape index (κ3) is 3.77. The van der Waals surface area contributed by atoms with Crippen molar-refractivity contribution in [3.8, 4) is 0 Å². The molecule has 0 aromatic carbocycles. The lowest BCUT2D eigenvalue weighted by Crippen LogP contribution is -2.43. The zero-order chi connectivity index (χ0) is 9.23.